The van der Waals surface area contributed by atoms with Crippen LogP contribution in [0.15, 0.2) is 21.5 Å². The van der Waals surface area contributed by atoms with Gasteiger partial charge in [0.1, 0.15) is 11.6 Å². The number of thiophene rings is 2. The number of halogens is 2. The molecule has 0 aliphatic carbocycles. The SMILES string of the molecule is Fc1cscc1C1(c2cscc2F)OCCO1. The molecule has 90 valence electrons. The standard InChI is InChI=1S/C11H8F2O2S2/c12-9-5-16-3-7(9)11(14-1-2-15-11)8-4-17-6-10(8)13/h3-6H,1-2H2. The zero-order valence-corrected chi connectivity index (χ0v) is 10.2. The van der Waals surface area contributed by atoms with Gasteiger partial charge in [0.2, 0.25) is 5.79 Å². The van der Waals surface area contributed by atoms with Crippen molar-refractivity contribution in [2.45, 2.75) is 5.79 Å². The largest absolute Gasteiger partial charge is 0.340 e. The molecule has 0 radical (unpaired) electrons. The van der Waals surface area contributed by atoms with Gasteiger partial charge in [-0.25, -0.2) is 8.78 Å². The number of hydrogen-bond donors (Lipinski definition) is 0. The maximum atomic E-state index is 13.7. The van der Waals surface area contributed by atoms with Crippen molar-refractivity contribution >= 4 is 22.7 Å². The zero-order valence-electron chi connectivity index (χ0n) is 8.61. The van der Waals surface area contributed by atoms with Crippen LogP contribution < -0.4 is 0 Å². The summed E-state index contributed by atoms with van der Waals surface area (Å²) >= 11 is 2.40. The Morgan fingerprint density at radius 1 is 0.882 bits per heavy atom. The minimum absolute atomic E-state index is 0.248. The Balaban J connectivity index is 2.18. The number of rotatable bonds is 2. The topological polar surface area (TPSA) is 18.5 Å². The lowest BCUT2D eigenvalue weighted by Crippen LogP contribution is -2.29. The van der Waals surface area contributed by atoms with Crippen molar-refractivity contribution in [3.05, 3.63) is 44.3 Å². The van der Waals surface area contributed by atoms with Gasteiger partial charge in [0.05, 0.1) is 24.3 Å². The summed E-state index contributed by atoms with van der Waals surface area (Å²) in [5.74, 6) is -2.27. The fraction of sp³-hybridized carbons (Fsp3) is 0.273. The first kappa shape index (κ1) is 11.3. The Morgan fingerprint density at radius 3 is 1.71 bits per heavy atom. The van der Waals surface area contributed by atoms with E-state index in [4.69, 9.17) is 9.47 Å². The highest BCUT2D eigenvalue weighted by Crippen LogP contribution is 2.42. The van der Waals surface area contributed by atoms with Crippen LogP contribution in [-0.2, 0) is 15.3 Å². The predicted molar refractivity (Wildman–Crippen MR) is 61.2 cm³/mol. The van der Waals surface area contributed by atoms with E-state index in [1.165, 1.54) is 33.4 Å². The summed E-state index contributed by atoms with van der Waals surface area (Å²) in [4.78, 5) is 0. The van der Waals surface area contributed by atoms with Gasteiger partial charge < -0.3 is 9.47 Å². The highest BCUT2D eigenvalue weighted by atomic mass is 32.1. The molecule has 1 fully saturated rings. The van der Waals surface area contributed by atoms with Gasteiger partial charge in [0.15, 0.2) is 0 Å². The average Bonchev–Trinajstić information content (AvgIpc) is 2.98. The minimum Gasteiger partial charge on any atom is -0.340 e. The van der Waals surface area contributed by atoms with Crippen LogP contribution in [0.25, 0.3) is 0 Å². The van der Waals surface area contributed by atoms with E-state index in [-0.39, 0.29) is 11.1 Å². The summed E-state index contributed by atoms with van der Waals surface area (Å²) in [5, 5.41) is 5.90. The van der Waals surface area contributed by atoms with Gasteiger partial charge in [0, 0.05) is 21.5 Å². The molecule has 0 N–H and O–H groups in total. The van der Waals surface area contributed by atoms with E-state index >= 15 is 0 Å². The van der Waals surface area contributed by atoms with Gasteiger partial charge in [-0.3, -0.25) is 0 Å². The van der Waals surface area contributed by atoms with Crippen molar-refractivity contribution in [1.82, 2.24) is 0 Å². The van der Waals surface area contributed by atoms with E-state index in [0.29, 0.717) is 13.2 Å². The van der Waals surface area contributed by atoms with Crippen LogP contribution in [0.1, 0.15) is 11.1 Å². The van der Waals surface area contributed by atoms with Gasteiger partial charge >= 0.3 is 0 Å². The average molecular weight is 274 g/mol. The normalized spacial score (nSPS) is 18.7. The van der Waals surface area contributed by atoms with Crippen molar-refractivity contribution in [3.8, 4) is 0 Å². The molecule has 0 unspecified atom stereocenters. The fourth-order valence-electron chi connectivity index (χ4n) is 1.90. The molecule has 2 aromatic heterocycles. The lowest BCUT2D eigenvalue weighted by molar-refractivity contribution is -0.133. The van der Waals surface area contributed by atoms with Crippen LogP contribution in [0, 0.1) is 11.6 Å². The second-order valence-corrected chi connectivity index (χ2v) is 5.07. The Kier molecular flexibility index (Phi) is 2.74. The van der Waals surface area contributed by atoms with Crippen molar-refractivity contribution < 1.29 is 18.3 Å². The zero-order chi connectivity index (χ0) is 11.9. The van der Waals surface area contributed by atoms with E-state index in [2.05, 4.69) is 0 Å². The van der Waals surface area contributed by atoms with Crippen molar-refractivity contribution in [3.63, 3.8) is 0 Å². The third-order valence-electron chi connectivity index (χ3n) is 2.63. The van der Waals surface area contributed by atoms with E-state index in [9.17, 15) is 8.78 Å². The Morgan fingerprint density at radius 2 is 1.35 bits per heavy atom. The van der Waals surface area contributed by atoms with Crippen molar-refractivity contribution in [1.29, 1.82) is 0 Å². The minimum atomic E-state index is -1.41. The molecule has 0 amide bonds. The van der Waals surface area contributed by atoms with Gasteiger partial charge in [-0.15, -0.1) is 22.7 Å². The first-order valence-electron chi connectivity index (χ1n) is 4.96. The molecule has 0 atom stereocenters. The summed E-state index contributed by atoms with van der Waals surface area (Å²) in [6.07, 6.45) is 0. The molecule has 17 heavy (non-hydrogen) atoms. The maximum Gasteiger partial charge on any atom is 0.229 e. The summed E-state index contributed by atoms with van der Waals surface area (Å²) < 4.78 is 38.4. The second-order valence-electron chi connectivity index (χ2n) is 3.58. The van der Waals surface area contributed by atoms with Crippen LogP contribution in [0.2, 0.25) is 0 Å². The van der Waals surface area contributed by atoms with Crippen LogP contribution in [0.4, 0.5) is 8.78 Å². The van der Waals surface area contributed by atoms with Crippen LogP contribution in [-0.4, -0.2) is 13.2 Å². The van der Waals surface area contributed by atoms with Gasteiger partial charge in [-0.05, 0) is 0 Å². The fourth-order valence-corrected chi connectivity index (χ4v) is 3.34. The summed E-state index contributed by atoms with van der Waals surface area (Å²) in [5.41, 5.74) is 0.495. The summed E-state index contributed by atoms with van der Waals surface area (Å²) in [7, 11) is 0. The molecule has 2 aromatic rings. The van der Waals surface area contributed by atoms with Crippen LogP contribution in [0.3, 0.4) is 0 Å². The monoisotopic (exact) mass is 274 g/mol. The molecule has 6 heteroatoms. The molecule has 2 nitrogen and oxygen atoms in total. The first-order valence-corrected chi connectivity index (χ1v) is 6.85. The van der Waals surface area contributed by atoms with E-state index in [1.54, 1.807) is 10.8 Å². The molecule has 1 aliphatic heterocycles. The molecule has 0 spiro atoms. The summed E-state index contributed by atoms with van der Waals surface area (Å²) in [6.45, 7) is 0.648. The summed E-state index contributed by atoms with van der Waals surface area (Å²) in [6, 6.07) is 0. The Bertz CT molecular complexity index is 487. The Hall–Kier alpha value is -0.820. The van der Waals surface area contributed by atoms with Crippen LogP contribution in [0.5, 0.6) is 0 Å². The van der Waals surface area contributed by atoms with Crippen molar-refractivity contribution in [2.24, 2.45) is 0 Å². The number of ether oxygens (including phenoxy) is 2. The lowest BCUT2D eigenvalue weighted by atomic mass is 10.0. The van der Waals surface area contributed by atoms with Gasteiger partial charge in [0.25, 0.3) is 0 Å². The molecule has 3 rings (SSSR count). The molecule has 1 aliphatic rings. The molecule has 0 aromatic carbocycles. The molecule has 1 saturated heterocycles. The van der Waals surface area contributed by atoms with Gasteiger partial charge in [-0.2, -0.15) is 0 Å². The molecular weight excluding hydrogens is 266 g/mol. The molecular formula is C11H8F2O2S2. The van der Waals surface area contributed by atoms with E-state index in [0.717, 1.165) is 0 Å². The van der Waals surface area contributed by atoms with Crippen LogP contribution >= 0.6 is 22.7 Å². The Labute approximate surface area is 104 Å². The molecule has 0 saturated carbocycles. The predicted octanol–water partition coefficient (Wildman–Crippen LogP) is 3.34. The van der Waals surface area contributed by atoms with E-state index < -0.39 is 17.4 Å². The third-order valence-corrected chi connectivity index (χ3v) is 4.06. The van der Waals surface area contributed by atoms with E-state index in [1.807, 2.05) is 0 Å². The van der Waals surface area contributed by atoms with Crippen molar-refractivity contribution in [2.75, 3.05) is 13.2 Å². The highest BCUT2D eigenvalue weighted by molar-refractivity contribution is 7.08. The number of hydrogen-bond acceptors (Lipinski definition) is 4. The van der Waals surface area contributed by atoms with Gasteiger partial charge in [-0.1, -0.05) is 0 Å². The lowest BCUT2D eigenvalue weighted by Gasteiger charge is -2.26. The first-order chi connectivity index (χ1) is 8.24. The quantitative estimate of drug-likeness (QED) is 0.836. The molecule has 3 heterocycles. The third kappa shape index (κ3) is 1.63. The maximum absolute atomic E-state index is 13.7. The second kappa shape index (κ2) is 4.13. The molecule has 0 bridgehead atoms. The highest BCUT2D eigenvalue weighted by Gasteiger charge is 2.45. The smallest absolute Gasteiger partial charge is 0.229 e.